The number of nitrogens with zero attached hydrogens (tertiary/aromatic N) is 3. The molecule has 1 heterocycles. The van der Waals surface area contributed by atoms with Gasteiger partial charge in [0.15, 0.2) is 9.98 Å². The van der Waals surface area contributed by atoms with Crippen molar-refractivity contribution in [3.8, 4) is 5.75 Å². The molecule has 1 aromatic heterocycles. The van der Waals surface area contributed by atoms with Crippen LogP contribution in [-0.4, -0.2) is 21.2 Å². The second-order valence-corrected chi connectivity index (χ2v) is 5.03. The Morgan fingerprint density at radius 2 is 1.90 bits per heavy atom. The molecule has 0 aliphatic rings. The molecule has 0 unspecified atom stereocenters. The van der Waals surface area contributed by atoms with Crippen LogP contribution >= 0.6 is 22.9 Å². The van der Waals surface area contributed by atoms with E-state index in [9.17, 15) is 33.4 Å². The molecule has 0 amide bonds. The molecule has 0 radical (unpaired) electrons. The summed E-state index contributed by atoms with van der Waals surface area (Å²) in [5.41, 5.74) is -2.44. The Balaban J connectivity index is 2.85. The first-order valence-electron chi connectivity index (χ1n) is 4.77. The van der Waals surface area contributed by atoms with Crippen LogP contribution in [0.4, 0.5) is 24.5 Å². The molecule has 1 aromatic carbocycles. The lowest BCUT2D eigenvalue weighted by Crippen LogP contribution is -2.18. The van der Waals surface area contributed by atoms with Gasteiger partial charge < -0.3 is 4.74 Å². The number of thiazole rings is 1. The van der Waals surface area contributed by atoms with Crippen molar-refractivity contribution in [3.63, 3.8) is 0 Å². The maximum Gasteiger partial charge on any atom is 0.573 e. The number of hydrogen-bond donors (Lipinski definition) is 0. The van der Waals surface area contributed by atoms with E-state index in [1.807, 2.05) is 0 Å². The number of halogens is 4. The SMILES string of the molecule is O=[N+]([O-])c1cc(OC(F)(F)F)c([N+](=O)[O-])c2sc(Cl)nc12. The smallest absolute Gasteiger partial charge is 0.398 e. The molecule has 0 N–H and O–H groups in total. The third-order valence-corrected chi connectivity index (χ3v) is 3.33. The van der Waals surface area contributed by atoms with Crippen LogP contribution < -0.4 is 4.74 Å². The fourth-order valence-corrected chi connectivity index (χ4v) is 2.66. The van der Waals surface area contributed by atoms with Gasteiger partial charge in [-0.25, -0.2) is 4.98 Å². The maximum absolute atomic E-state index is 12.3. The number of nitro groups is 2. The van der Waals surface area contributed by atoms with E-state index in [1.54, 1.807) is 0 Å². The zero-order valence-electron chi connectivity index (χ0n) is 9.38. The molecule has 21 heavy (non-hydrogen) atoms. The maximum atomic E-state index is 12.3. The van der Waals surface area contributed by atoms with Gasteiger partial charge >= 0.3 is 17.7 Å². The zero-order chi connectivity index (χ0) is 15.9. The van der Waals surface area contributed by atoms with Gasteiger partial charge in [0, 0.05) is 0 Å². The summed E-state index contributed by atoms with van der Waals surface area (Å²) in [6, 6.07) is 0.296. The van der Waals surface area contributed by atoms with Crippen molar-refractivity contribution in [2.75, 3.05) is 0 Å². The quantitative estimate of drug-likeness (QED) is 0.621. The summed E-state index contributed by atoms with van der Waals surface area (Å²) in [6.07, 6.45) is -5.25. The van der Waals surface area contributed by atoms with Crippen LogP contribution in [0.2, 0.25) is 4.47 Å². The van der Waals surface area contributed by atoms with E-state index in [4.69, 9.17) is 11.6 Å². The number of non-ortho nitro benzene ring substituents is 1. The summed E-state index contributed by atoms with van der Waals surface area (Å²) < 4.78 is 39.5. The Labute approximate surface area is 121 Å². The largest absolute Gasteiger partial charge is 0.573 e. The highest BCUT2D eigenvalue weighted by Crippen LogP contribution is 2.45. The highest BCUT2D eigenvalue weighted by molar-refractivity contribution is 7.22. The van der Waals surface area contributed by atoms with Gasteiger partial charge in [0.2, 0.25) is 5.75 Å². The molecule has 0 atom stereocenters. The molecule has 0 saturated heterocycles. The molecule has 8 nitrogen and oxygen atoms in total. The van der Waals surface area contributed by atoms with Gasteiger partial charge in [0.25, 0.3) is 0 Å². The fourth-order valence-electron chi connectivity index (χ4n) is 1.52. The number of rotatable bonds is 3. The molecular formula is C8HClF3N3O5S. The lowest BCUT2D eigenvalue weighted by molar-refractivity contribution is -0.389. The van der Waals surface area contributed by atoms with Crippen molar-refractivity contribution in [1.82, 2.24) is 4.98 Å². The molecule has 0 aliphatic heterocycles. The molecule has 0 fully saturated rings. The third kappa shape index (κ3) is 2.95. The van der Waals surface area contributed by atoms with Crippen LogP contribution in [0.3, 0.4) is 0 Å². The predicted octanol–water partition coefficient (Wildman–Crippen LogP) is 3.66. The fraction of sp³-hybridized carbons (Fsp3) is 0.125. The van der Waals surface area contributed by atoms with E-state index in [0.717, 1.165) is 0 Å². The number of aromatic nitrogens is 1. The van der Waals surface area contributed by atoms with Crippen molar-refractivity contribution in [2.24, 2.45) is 0 Å². The molecule has 2 rings (SSSR count). The van der Waals surface area contributed by atoms with Gasteiger partial charge in [0.1, 0.15) is 4.70 Å². The first-order valence-corrected chi connectivity index (χ1v) is 5.97. The van der Waals surface area contributed by atoms with E-state index >= 15 is 0 Å². The van der Waals surface area contributed by atoms with Crippen LogP contribution in [0.1, 0.15) is 0 Å². The van der Waals surface area contributed by atoms with Crippen LogP contribution in [0.15, 0.2) is 6.07 Å². The highest BCUT2D eigenvalue weighted by atomic mass is 35.5. The Morgan fingerprint density at radius 1 is 1.29 bits per heavy atom. The van der Waals surface area contributed by atoms with E-state index < -0.39 is 43.5 Å². The molecule has 13 heteroatoms. The summed E-state index contributed by atoms with van der Waals surface area (Å²) in [5.74, 6) is -1.30. The van der Waals surface area contributed by atoms with E-state index in [0.29, 0.717) is 17.4 Å². The summed E-state index contributed by atoms with van der Waals surface area (Å²) in [7, 11) is 0. The first kappa shape index (κ1) is 15.2. The van der Waals surface area contributed by atoms with Gasteiger partial charge in [0.05, 0.1) is 15.9 Å². The van der Waals surface area contributed by atoms with Crippen molar-refractivity contribution in [3.05, 3.63) is 30.8 Å². The average molecular weight is 344 g/mol. The van der Waals surface area contributed by atoms with E-state index in [-0.39, 0.29) is 4.47 Å². The van der Waals surface area contributed by atoms with Gasteiger partial charge in [-0.05, 0) is 0 Å². The minimum absolute atomic E-state index is 0.291. The van der Waals surface area contributed by atoms with Crippen LogP contribution in [0, 0.1) is 20.2 Å². The Bertz CT molecular complexity index is 762. The van der Waals surface area contributed by atoms with Crippen LogP contribution in [-0.2, 0) is 0 Å². The van der Waals surface area contributed by atoms with E-state index in [2.05, 4.69) is 9.72 Å². The monoisotopic (exact) mass is 343 g/mol. The molecule has 112 valence electrons. The number of alkyl halides is 3. The second kappa shape index (κ2) is 4.96. The molecule has 0 bridgehead atoms. The van der Waals surface area contributed by atoms with E-state index in [1.165, 1.54) is 0 Å². The second-order valence-electron chi connectivity index (χ2n) is 3.45. The van der Waals surface area contributed by atoms with Crippen molar-refractivity contribution in [2.45, 2.75) is 6.36 Å². The Morgan fingerprint density at radius 3 is 2.38 bits per heavy atom. The Kier molecular flexibility index (Phi) is 3.59. The van der Waals surface area contributed by atoms with Gasteiger partial charge in [-0.15, -0.1) is 13.2 Å². The lowest BCUT2D eigenvalue weighted by Gasteiger charge is -2.09. The number of hydrogen-bond acceptors (Lipinski definition) is 7. The van der Waals surface area contributed by atoms with Crippen LogP contribution in [0.25, 0.3) is 10.2 Å². The summed E-state index contributed by atoms with van der Waals surface area (Å²) in [4.78, 5) is 23.1. The predicted molar refractivity (Wildman–Crippen MR) is 64.6 cm³/mol. The molecule has 0 aliphatic carbocycles. The summed E-state index contributed by atoms with van der Waals surface area (Å²) in [5, 5.41) is 21.8. The van der Waals surface area contributed by atoms with Gasteiger partial charge in [-0.3, -0.25) is 20.2 Å². The zero-order valence-corrected chi connectivity index (χ0v) is 11.0. The summed E-state index contributed by atoms with van der Waals surface area (Å²) >= 11 is 5.96. The minimum atomic E-state index is -5.25. The van der Waals surface area contributed by atoms with Crippen LogP contribution in [0.5, 0.6) is 5.75 Å². The highest BCUT2D eigenvalue weighted by Gasteiger charge is 2.38. The molecule has 2 aromatic rings. The lowest BCUT2D eigenvalue weighted by atomic mass is 10.2. The average Bonchev–Trinajstić information content (AvgIpc) is 2.65. The number of ether oxygens (including phenoxy) is 1. The number of benzene rings is 1. The van der Waals surface area contributed by atoms with Crippen molar-refractivity contribution in [1.29, 1.82) is 0 Å². The van der Waals surface area contributed by atoms with Gasteiger partial charge in [-0.1, -0.05) is 22.9 Å². The Hall–Kier alpha value is -2.21. The number of fused-ring (bicyclic) bond motifs is 1. The standard InChI is InChI=1S/C8HClF3N3O5S/c9-7-13-4-2(14(16)17)1-3(20-8(10,11)12)5(15(18)19)6(4)21-7/h1H. The van der Waals surface area contributed by atoms with Gasteiger partial charge in [-0.2, -0.15) is 0 Å². The van der Waals surface area contributed by atoms with Crippen molar-refractivity contribution >= 4 is 44.5 Å². The normalized spacial score (nSPS) is 11.6. The summed E-state index contributed by atoms with van der Waals surface area (Å²) in [6.45, 7) is 0. The molecule has 0 spiro atoms. The van der Waals surface area contributed by atoms with Crippen molar-refractivity contribution < 1.29 is 27.8 Å². The first-order chi connectivity index (χ1) is 9.60. The molecule has 0 saturated carbocycles. The number of nitro benzene ring substituents is 2. The molecular weight excluding hydrogens is 343 g/mol. The minimum Gasteiger partial charge on any atom is -0.398 e. The third-order valence-electron chi connectivity index (χ3n) is 2.16. The topological polar surface area (TPSA) is 108 Å².